The number of amides is 1. The van der Waals surface area contributed by atoms with Crippen LogP contribution < -0.4 is 5.32 Å². The summed E-state index contributed by atoms with van der Waals surface area (Å²) in [4.78, 5) is 13.1. The van der Waals surface area contributed by atoms with Crippen LogP contribution in [0.1, 0.15) is 12.0 Å². The summed E-state index contributed by atoms with van der Waals surface area (Å²) in [5.41, 5.74) is 1.92. The molecule has 0 fully saturated rings. The number of aliphatic hydroxyl groups is 2. The molecule has 106 valence electrons. The number of carbonyl (C=O) groups is 1. The van der Waals surface area contributed by atoms with E-state index in [0.29, 0.717) is 12.8 Å². The van der Waals surface area contributed by atoms with E-state index in [1.807, 2.05) is 24.3 Å². The molecule has 0 radical (unpaired) electrons. The Kier molecular flexibility index (Phi) is 6.32. The van der Waals surface area contributed by atoms with Crippen molar-refractivity contribution in [2.45, 2.75) is 18.9 Å². The van der Waals surface area contributed by atoms with Crippen molar-refractivity contribution < 1.29 is 15.0 Å². The second-order valence-corrected chi connectivity index (χ2v) is 4.66. The Morgan fingerprint density at radius 2 is 2.05 bits per heavy atom. The third kappa shape index (κ3) is 5.28. The molecule has 5 nitrogen and oxygen atoms in total. The van der Waals surface area contributed by atoms with Crippen LogP contribution in [0.4, 0.5) is 5.69 Å². The third-order valence-electron chi connectivity index (χ3n) is 2.86. The summed E-state index contributed by atoms with van der Waals surface area (Å²) in [6, 6.07) is 7.67. The molecular formula is C14H22N2O3. The Bertz CT molecular complexity index is 407. The number of nitrogens with one attached hydrogen (secondary N) is 1. The first-order valence-electron chi connectivity index (χ1n) is 6.35. The Morgan fingerprint density at radius 1 is 1.37 bits per heavy atom. The number of aliphatic hydroxyl groups excluding tert-OH is 2. The van der Waals surface area contributed by atoms with E-state index in [9.17, 15) is 9.90 Å². The molecule has 0 bridgehead atoms. The first-order valence-corrected chi connectivity index (χ1v) is 6.35. The molecule has 1 aromatic rings. The second kappa shape index (κ2) is 7.76. The minimum atomic E-state index is -0.781. The molecule has 1 amide bonds. The largest absolute Gasteiger partial charge is 0.394 e. The predicted molar refractivity (Wildman–Crippen MR) is 75.0 cm³/mol. The number of hydrogen-bond acceptors (Lipinski definition) is 4. The molecule has 0 saturated heterocycles. The van der Waals surface area contributed by atoms with Gasteiger partial charge in [-0.05, 0) is 18.1 Å². The molecule has 1 aromatic carbocycles. The van der Waals surface area contributed by atoms with Gasteiger partial charge in [-0.2, -0.15) is 0 Å². The van der Waals surface area contributed by atoms with Gasteiger partial charge in [0.15, 0.2) is 0 Å². The van der Waals surface area contributed by atoms with Crippen molar-refractivity contribution in [2.24, 2.45) is 0 Å². The van der Waals surface area contributed by atoms with Crippen molar-refractivity contribution in [1.29, 1.82) is 0 Å². The van der Waals surface area contributed by atoms with Crippen LogP contribution in [-0.4, -0.2) is 54.4 Å². The van der Waals surface area contributed by atoms with Crippen molar-refractivity contribution in [3.05, 3.63) is 29.8 Å². The molecule has 0 aliphatic rings. The Hall–Kier alpha value is -1.59. The van der Waals surface area contributed by atoms with Crippen LogP contribution in [-0.2, 0) is 11.2 Å². The third-order valence-corrected chi connectivity index (χ3v) is 2.86. The molecule has 0 saturated carbocycles. The fourth-order valence-corrected chi connectivity index (χ4v) is 1.67. The molecule has 1 rings (SSSR count). The maximum atomic E-state index is 11.6. The number of benzene rings is 1. The summed E-state index contributed by atoms with van der Waals surface area (Å²) in [7, 11) is 3.48. The van der Waals surface area contributed by atoms with Crippen molar-refractivity contribution in [3.8, 4) is 0 Å². The Balaban J connectivity index is 2.60. The van der Waals surface area contributed by atoms with Gasteiger partial charge in [-0.15, -0.1) is 0 Å². The minimum Gasteiger partial charge on any atom is -0.394 e. The maximum Gasteiger partial charge on any atom is 0.222 e. The van der Waals surface area contributed by atoms with Gasteiger partial charge in [-0.25, -0.2) is 0 Å². The topological polar surface area (TPSA) is 72.8 Å². The highest BCUT2D eigenvalue weighted by atomic mass is 16.3. The summed E-state index contributed by atoms with van der Waals surface area (Å²) in [6.45, 7) is 0.0173. The zero-order valence-corrected chi connectivity index (χ0v) is 11.5. The smallest absolute Gasteiger partial charge is 0.222 e. The van der Waals surface area contributed by atoms with Gasteiger partial charge in [-0.3, -0.25) is 4.79 Å². The fourth-order valence-electron chi connectivity index (χ4n) is 1.67. The van der Waals surface area contributed by atoms with Crippen LogP contribution in [0.25, 0.3) is 0 Å². The van der Waals surface area contributed by atoms with Gasteiger partial charge in [-0.1, -0.05) is 18.2 Å². The average Bonchev–Trinajstić information content (AvgIpc) is 2.42. The van der Waals surface area contributed by atoms with E-state index in [1.54, 1.807) is 19.0 Å². The number of carbonyl (C=O) groups excluding carboxylic acids is 1. The number of aryl methyl sites for hydroxylation is 1. The molecule has 0 aliphatic heterocycles. The van der Waals surface area contributed by atoms with Crippen molar-refractivity contribution in [3.63, 3.8) is 0 Å². The second-order valence-electron chi connectivity index (χ2n) is 4.66. The molecule has 0 aliphatic carbocycles. The normalized spacial score (nSPS) is 12.0. The SMILES string of the molecule is CN(C)C(=O)CCc1ccccc1NCC(O)CO. The monoisotopic (exact) mass is 266 g/mol. The quantitative estimate of drug-likeness (QED) is 0.671. The molecule has 19 heavy (non-hydrogen) atoms. The number of hydrogen-bond donors (Lipinski definition) is 3. The summed E-state index contributed by atoms with van der Waals surface area (Å²) in [5.74, 6) is 0.0881. The van der Waals surface area contributed by atoms with Crippen LogP contribution in [0, 0.1) is 0 Å². The molecular weight excluding hydrogens is 244 g/mol. The molecule has 0 heterocycles. The number of rotatable bonds is 7. The average molecular weight is 266 g/mol. The highest BCUT2D eigenvalue weighted by molar-refractivity contribution is 5.76. The van der Waals surface area contributed by atoms with Gasteiger partial charge in [0.05, 0.1) is 12.7 Å². The lowest BCUT2D eigenvalue weighted by molar-refractivity contribution is -0.128. The Morgan fingerprint density at radius 3 is 2.68 bits per heavy atom. The molecule has 1 atom stereocenters. The molecule has 0 spiro atoms. The predicted octanol–water partition coefficient (Wildman–Crippen LogP) is 0.472. The summed E-state index contributed by atoms with van der Waals surface area (Å²) in [5, 5.41) is 21.2. The summed E-state index contributed by atoms with van der Waals surface area (Å²) >= 11 is 0. The van der Waals surface area contributed by atoms with Gasteiger partial charge in [0.25, 0.3) is 0 Å². The van der Waals surface area contributed by atoms with Crippen molar-refractivity contribution in [2.75, 3.05) is 32.6 Å². The highest BCUT2D eigenvalue weighted by Gasteiger charge is 2.08. The zero-order valence-electron chi connectivity index (χ0n) is 11.5. The van der Waals surface area contributed by atoms with E-state index >= 15 is 0 Å². The van der Waals surface area contributed by atoms with Crippen LogP contribution in [0.5, 0.6) is 0 Å². The van der Waals surface area contributed by atoms with Crippen molar-refractivity contribution in [1.82, 2.24) is 4.90 Å². The first kappa shape index (κ1) is 15.5. The lowest BCUT2D eigenvalue weighted by Crippen LogP contribution is -2.24. The van der Waals surface area contributed by atoms with E-state index in [2.05, 4.69) is 5.32 Å². The van der Waals surface area contributed by atoms with Gasteiger partial charge < -0.3 is 20.4 Å². The lowest BCUT2D eigenvalue weighted by Gasteiger charge is -2.15. The maximum absolute atomic E-state index is 11.6. The van der Waals surface area contributed by atoms with E-state index in [0.717, 1.165) is 11.3 Å². The number of anilines is 1. The van der Waals surface area contributed by atoms with E-state index in [1.165, 1.54) is 0 Å². The fraction of sp³-hybridized carbons (Fsp3) is 0.500. The molecule has 5 heteroatoms. The minimum absolute atomic E-state index is 0.0881. The van der Waals surface area contributed by atoms with E-state index in [-0.39, 0.29) is 19.1 Å². The van der Waals surface area contributed by atoms with Crippen LogP contribution in [0.15, 0.2) is 24.3 Å². The van der Waals surface area contributed by atoms with Crippen LogP contribution in [0.2, 0.25) is 0 Å². The van der Waals surface area contributed by atoms with Crippen molar-refractivity contribution >= 4 is 11.6 Å². The first-order chi connectivity index (χ1) is 9.04. The zero-order chi connectivity index (χ0) is 14.3. The van der Waals surface area contributed by atoms with Gasteiger partial charge in [0, 0.05) is 32.7 Å². The Labute approximate surface area is 113 Å². The van der Waals surface area contributed by atoms with E-state index < -0.39 is 6.10 Å². The molecule has 3 N–H and O–H groups in total. The van der Waals surface area contributed by atoms with Gasteiger partial charge in [0.1, 0.15) is 0 Å². The number of nitrogens with zero attached hydrogens (tertiary/aromatic N) is 1. The van der Waals surface area contributed by atoms with Gasteiger partial charge in [0.2, 0.25) is 5.91 Å². The van der Waals surface area contributed by atoms with Crippen LogP contribution >= 0.6 is 0 Å². The highest BCUT2D eigenvalue weighted by Crippen LogP contribution is 2.17. The summed E-state index contributed by atoms with van der Waals surface area (Å²) in [6.07, 6.45) is 0.320. The standard InChI is InChI=1S/C14H22N2O3/c1-16(2)14(19)8-7-11-5-3-4-6-13(11)15-9-12(18)10-17/h3-6,12,15,17-18H,7-10H2,1-2H3. The van der Waals surface area contributed by atoms with E-state index in [4.69, 9.17) is 5.11 Å². The number of para-hydroxylation sites is 1. The van der Waals surface area contributed by atoms with Gasteiger partial charge >= 0.3 is 0 Å². The lowest BCUT2D eigenvalue weighted by atomic mass is 10.1. The molecule has 0 aromatic heterocycles. The van der Waals surface area contributed by atoms with Crippen LogP contribution in [0.3, 0.4) is 0 Å². The molecule has 1 unspecified atom stereocenters. The summed E-state index contributed by atoms with van der Waals surface area (Å²) < 4.78 is 0.